The second-order valence-corrected chi connectivity index (χ2v) is 6.36. The van der Waals surface area contributed by atoms with Gasteiger partial charge in [-0.15, -0.1) is 0 Å². The second kappa shape index (κ2) is 6.14. The van der Waals surface area contributed by atoms with Crippen LogP contribution < -0.4 is 5.32 Å². The van der Waals surface area contributed by atoms with Crippen LogP contribution in [0.5, 0.6) is 0 Å². The van der Waals surface area contributed by atoms with E-state index >= 15 is 0 Å². The lowest BCUT2D eigenvalue weighted by molar-refractivity contribution is -0.118. The number of carbonyl (C=O) groups is 1. The van der Waals surface area contributed by atoms with E-state index in [1.54, 1.807) is 0 Å². The predicted molar refractivity (Wildman–Crippen MR) is 73.6 cm³/mol. The molecule has 1 saturated carbocycles. The van der Waals surface area contributed by atoms with Crippen molar-refractivity contribution in [3.63, 3.8) is 0 Å². The Labute approximate surface area is 110 Å². The van der Waals surface area contributed by atoms with Gasteiger partial charge in [-0.3, -0.25) is 9.00 Å². The van der Waals surface area contributed by atoms with Crippen LogP contribution in [0.4, 0.5) is 0 Å². The highest BCUT2D eigenvalue weighted by molar-refractivity contribution is 7.84. The number of benzene rings is 1. The van der Waals surface area contributed by atoms with E-state index in [-0.39, 0.29) is 11.7 Å². The molecule has 0 unspecified atom stereocenters. The van der Waals surface area contributed by atoms with Crippen LogP contribution in [0.25, 0.3) is 0 Å². The highest BCUT2D eigenvalue weighted by Crippen LogP contribution is 2.27. The Morgan fingerprint density at radius 2 is 2.11 bits per heavy atom. The van der Waals surface area contributed by atoms with Gasteiger partial charge in [0, 0.05) is 23.1 Å². The van der Waals surface area contributed by atoms with Crippen molar-refractivity contribution in [2.24, 2.45) is 5.92 Å². The first-order valence-corrected chi connectivity index (χ1v) is 7.80. The van der Waals surface area contributed by atoms with Crippen LogP contribution in [0, 0.1) is 12.8 Å². The van der Waals surface area contributed by atoms with Crippen molar-refractivity contribution in [1.29, 1.82) is 0 Å². The number of carbonyl (C=O) groups excluding carboxylic acids is 1. The Hall–Kier alpha value is -1.16. The summed E-state index contributed by atoms with van der Waals surface area (Å²) in [5, 5.41) is 2.84. The van der Waals surface area contributed by atoms with E-state index < -0.39 is 10.8 Å². The molecule has 0 aromatic heterocycles. The molecule has 1 fully saturated rings. The first-order valence-electron chi connectivity index (χ1n) is 6.31. The van der Waals surface area contributed by atoms with Gasteiger partial charge in [-0.25, -0.2) is 0 Å². The van der Waals surface area contributed by atoms with E-state index in [4.69, 9.17) is 0 Å². The molecule has 98 valence electrons. The van der Waals surface area contributed by atoms with Gasteiger partial charge in [-0.1, -0.05) is 24.3 Å². The van der Waals surface area contributed by atoms with Gasteiger partial charge in [-0.2, -0.15) is 0 Å². The quantitative estimate of drug-likeness (QED) is 0.852. The summed E-state index contributed by atoms with van der Waals surface area (Å²) < 4.78 is 11.9. The van der Waals surface area contributed by atoms with Crippen molar-refractivity contribution < 1.29 is 9.00 Å². The van der Waals surface area contributed by atoms with Gasteiger partial charge >= 0.3 is 0 Å². The average Bonchev–Trinajstić information content (AvgIpc) is 3.13. The highest BCUT2D eigenvalue weighted by Gasteiger charge is 2.21. The predicted octanol–water partition coefficient (Wildman–Crippen LogP) is 1.77. The third-order valence-corrected chi connectivity index (χ3v) is 4.37. The van der Waals surface area contributed by atoms with Gasteiger partial charge in [0.15, 0.2) is 0 Å². The smallest absolute Gasteiger partial charge is 0.232 e. The van der Waals surface area contributed by atoms with Crippen LogP contribution in [0.2, 0.25) is 0 Å². The first kappa shape index (κ1) is 13.3. The maximum atomic E-state index is 11.9. The Morgan fingerprint density at radius 3 is 2.78 bits per heavy atom. The normalized spacial score (nSPS) is 16.3. The molecule has 1 aromatic carbocycles. The third-order valence-electron chi connectivity index (χ3n) is 3.15. The van der Waals surface area contributed by atoms with Crippen molar-refractivity contribution in [1.82, 2.24) is 5.32 Å². The van der Waals surface area contributed by atoms with Gasteiger partial charge in [0.2, 0.25) is 5.91 Å². The molecule has 4 heteroatoms. The molecule has 1 aliphatic carbocycles. The third kappa shape index (κ3) is 4.26. The summed E-state index contributed by atoms with van der Waals surface area (Å²) in [5.41, 5.74) is 2.19. The minimum absolute atomic E-state index is 0.0891. The molecule has 0 radical (unpaired) electrons. The fourth-order valence-electron chi connectivity index (χ4n) is 1.77. The number of hydrogen-bond donors (Lipinski definition) is 1. The molecule has 1 aliphatic rings. The van der Waals surface area contributed by atoms with Crippen LogP contribution in [0.1, 0.15) is 24.0 Å². The lowest BCUT2D eigenvalue weighted by atomic mass is 10.1. The molecule has 1 amide bonds. The molecule has 1 N–H and O–H groups in total. The van der Waals surface area contributed by atoms with Gasteiger partial charge in [0.05, 0.1) is 0 Å². The molecule has 0 saturated heterocycles. The lowest BCUT2D eigenvalue weighted by Crippen LogP contribution is -2.30. The standard InChI is InChI=1S/C14H19NO2S/c1-11-4-2-3-5-13(11)9-18(17)10-14(16)15-8-12-6-7-12/h2-5,12H,6-10H2,1H3,(H,15,16)/t18-/m0/s1. The van der Waals surface area contributed by atoms with E-state index in [1.165, 1.54) is 12.8 Å². The molecule has 3 nitrogen and oxygen atoms in total. The molecule has 0 spiro atoms. The molecule has 1 atom stereocenters. The average molecular weight is 265 g/mol. The zero-order chi connectivity index (χ0) is 13.0. The van der Waals surface area contributed by atoms with Crippen LogP contribution in [0.3, 0.4) is 0 Å². The molecular weight excluding hydrogens is 246 g/mol. The number of aryl methyl sites for hydroxylation is 1. The minimum atomic E-state index is -1.12. The zero-order valence-corrected chi connectivity index (χ0v) is 11.5. The van der Waals surface area contributed by atoms with E-state index in [9.17, 15) is 9.00 Å². The van der Waals surface area contributed by atoms with Crippen LogP contribution >= 0.6 is 0 Å². The minimum Gasteiger partial charge on any atom is -0.355 e. The van der Waals surface area contributed by atoms with Gasteiger partial charge < -0.3 is 5.32 Å². The van der Waals surface area contributed by atoms with Crippen LogP contribution in [0.15, 0.2) is 24.3 Å². The summed E-state index contributed by atoms with van der Waals surface area (Å²) >= 11 is 0. The SMILES string of the molecule is Cc1ccccc1C[S@](=O)CC(=O)NCC1CC1. The Kier molecular flexibility index (Phi) is 4.53. The summed E-state index contributed by atoms with van der Waals surface area (Å²) in [6.45, 7) is 2.75. The number of amides is 1. The first-order chi connectivity index (χ1) is 8.65. The van der Waals surface area contributed by atoms with Gasteiger partial charge in [-0.05, 0) is 36.8 Å². The number of rotatable bonds is 6. The van der Waals surface area contributed by atoms with Gasteiger partial charge in [0.25, 0.3) is 0 Å². The fraction of sp³-hybridized carbons (Fsp3) is 0.500. The fourth-order valence-corrected chi connectivity index (χ4v) is 2.94. The van der Waals surface area contributed by atoms with Crippen LogP contribution in [-0.4, -0.2) is 22.4 Å². The van der Waals surface area contributed by atoms with Crippen molar-refractivity contribution in [3.05, 3.63) is 35.4 Å². The summed E-state index contributed by atoms with van der Waals surface area (Å²) in [5.74, 6) is 1.15. The summed E-state index contributed by atoms with van der Waals surface area (Å²) in [6, 6.07) is 7.87. The van der Waals surface area contributed by atoms with Crippen molar-refractivity contribution >= 4 is 16.7 Å². The second-order valence-electron chi connectivity index (χ2n) is 4.90. The Balaban J connectivity index is 1.77. The molecule has 1 aromatic rings. The van der Waals surface area contributed by atoms with Crippen molar-refractivity contribution in [2.45, 2.75) is 25.5 Å². The maximum absolute atomic E-state index is 11.9. The highest BCUT2D eigenvalue weighted by atomic mass is 32.2. The summed E-state index contributed by atoms with van der Waals surface area (Å²) in [6.07, 6.45) is 2.43. The summed E-state index contributed by atoms with van der Waals surface area (Å²) in [4.78, 5) is 11.6. The molecule has 18 heavy (non-hydrogen) atoms. The van der Waals surface area contributed by atoms with E-state index in [1.807, 2.05) is 31.2 Å². The van der Waals surface area contributed by atoms with Gasteiger partial charge in [0.1, 0.15) is 5.75 Å². The van der Waals surface area contributed by atoms with E-state index in [0.29, 0.717) is 11.7 Å². The number of hydrogen-bond acceptors (Lipinski definition) is 2. The van der Waals surface area contributed by atoms with E-state index in [2.05, 4.69) is 5.32 Å². The lowest BCUT2D eigenvalue weighted by Gasteiger charge is -2.06. The molecule has 0 bridgehead atoms. The Bertz CT molecular complexity index is 455. The maximum Gasteiger partial charge on any atom is 0.232 e. The molecule has 0 heterocycles. The van der Waals surface area contributed by atoms with Crippen molar-refractivity contribution in [2.75, 3.05) is 12.3 Å². The zero-order valence-electron chi connectivity index (χ0n) is 10.6. The molecule has 2 rings (SSSR count). The molecule has 0 aliphatic heterocycles. The number of nitrogens with one attached hydrogen (secondary N) is 1. The largest absolute Gasteiger partial charge is 0.355 e. The monoisotopic (exact) mass is 265 g/mol. The van der Waals surface area contributed by atoms with Crippen molar-refractivity contribution in [3.8, 4) is 0 Å². The topological polar surface area (TPSA) is 46.2 Å². The Morgan fingerprint density at radius 1 is 1.39 bits per heavy atom. The summed E-state index contributed by atoms with van der Waals surface area (Å²) in [7, 11) is -1.12. The molecular formula is C14H19NO2S. The van der Waals surface area contributed by atoms with E-state index in [0.717, 1.165) is 17.7 Å². The van der Waals surface area contributed by atoms with Crippen LogP contribution in [-0.2, 0) is 21.3 Å².